The summed E-state index contributed by atoms with van der Waals surface area (Å²) in [6, 6.07) is 14.5. The van der Waals surface area contributed by atoms with Crippen molar-refractivity contribution in [3.05, 3.63) is 75.5 Å². The Morgan fingerprint density at radius 3 is 2.76 bits per heavy atom. The number of carbonyl (C=O) groups excluding carboxylic acids is 1. The molecular formula is C19H17N3O3. The number of benzene rings is 2. The molecule has 0 unspecified atom stereocenters. The lowest BCUT2D eigenvalue weighted by atomic mass is 10.0. The first kappa shape index (κ1) is 15.4. The quantitative estimate of drug-likeness (QED) is 0.589. The predicted molar refractivity (Wildman–Crippen MR) is 94.2 cm³/mol. The highest BCUT2D eigenvalue weighted by atomic mass is 16.6. The van der Waals surface area contributed by atoms with Gasteiger partial charge in [0.2, 0.25) is 5.91 Å². The number of nitro groups is 1. The van der Waals surface area contributed by atoms with Crippen LogP contribution in [-0.4, -0.2) is 27.3 Å². The van der Waals surface area contributed by atoms with Crippen LogP contribution in [0.2, 0.25) is 0 Å². The summed E-state index contributed by atoms with van der Waals surface area (Å²) < 4.78 is 0. The van der Waals surface area contributed by atoms with Crippen LogP contribution >= 0.6 is 0 Å². The summed E-state index contributed by atoms with van der Waals surface area (Å²) in [5.41, 5.74) is 3.87. The molecule has 6 nitrogen and oxygen atoms in total. The van der Waals surface area contributed by atoms with E-state index in [2.05, 4.69) is 11.1 Å². The lowest BCUT2D eigenvalue weighted by Gasteiger charge is -2.27. The maximum atomic E-state index is 12.7. The number of nitro benzene ring substituents is 1. The van der Waals surface area contributed by atoms with Gasteiger partial charge in [-0.05, 0) is 6.07 Å². The van der Waals surface area contributed by atoms with Gasteiger partial charge in [-0.2, -0.15) is 0 Å². The van der Waals surface area contributed by atoms with Crippen molar-refractivity contribution in [2.75, 3.05) is 6.54 Å². The molecule has 1 aliphatic rings. The van der Waals surface area contributed by atoms with E-state index in [1.54, 1.807) is 23.1 Å². The second kappa shape index (κ2) is 6.05. The Morgan fingerprint density at radius 2 is 1.92 bits per heavy atom. The van der Waals surface area contributed by atoms with Gasteiger partial charge in [-0.15, -0.1) is 0 Å². The van der Waals surface area contributed by atoms with Gasteiger partial charge in [0.15, 0.2) is 0 Å². The number of aromatic nitrogens is 1. The predicted octanol–water partition coefficient (Wildman–Crippen LogP) is 3.20. The van der Waals surface area contributed by atoms with E-state index in [1.165, 1.54) is 11.8 Å². The van der Waals surface area contributed by atoms with Crippen LogP contribution in [0.1, 0.15) is 16.8 Å². The van der Waals surface area contributed by atoms with E-state index in [0.29, 0.717) is 18.7 Å². The SMILES string of the molecule is O=C(Cc1ccccc1[N+](=O)[O-])N1CCc2[nH]c3ccccc3c2C1. The Hall–Kier alpha value is -3.15. The number of amides is 1. The van der Waals surface area contributed by atoms with Gasteiger partial charge in [0.25, 0.3) is 5.69 Å². The van der Waals surface area contributed by atoms with Crippen LogP contribution in [0.3, 0.4) is 0 Å². The number of hydrogen-bond acceptors (Lipinski definition) is 3. The van der Waals surface area contributed by atoms with Gasteiger partial charge in [0.1, 0.15) is 0 Å². The summed E-state index contributed by atoms with van der Waals surface area (Å²) in [6.45, 7) is 1.16. The lowest BCUT2D eigenvalue weighted by Crippen LogP contribution is -2.36. The van der Waals surface area contributed by atoms with E-state index in [0.717, 1.165) is 22.9 Å². The molecule has 0 fully saturated rings. The third kappa shape index (κ3) is 2.76. The van der Waals surface area contributed by atoms with Gasteiger partial charge in [-0.25, -0.2) is 0 Å². The van der Waals surface area contributed by atoms with E-state index in [1.807, 2.05) is 18.2 Å². The van der Waals surface area contributed by atoms with E-state index in [4.69, 9.17) is 0 Å². The molecule has 1 aliphatic heterocycles. The fourth-order valence-electron chi connectivity index (χ4n) is 3.49. The summed E-state index contributed by atoms with van der Waals surface area (Å²) in [4.78, 5) is 28.6. The van der Waals surface area contributed by atoms with Crippen LogP contribution in [-0.2, 0) is 24.2 Å². The minimum Gasteiger partial charge on any atom is -0.358 e. The topological polar surface area (TPSA) is 79.2 Å². The Labute approximate surface area is 144 Å². The molecule has 1 N–H and O–H groups in total. The second-order valence-corrected chi connectivity index (χ2v) is 6.26. The highest BCUT2D eigenvalue weighted by molar-refractivity contribution is 5.86. The van der Waals surface area contributed by atoms with E-state index in [9.17, 15) is 14.9 Å². The fourth-order valence-corrected chi connectivity index (χ4v) is 3.49. The standard InChI is InChI=1S/C19H17N3O3/c23-19(11-13-5-1-4-8-18(13)22(24)25)21-10-9-17-15(12-21)14-6-2-3-7-16(14)20-17/h1-8,20H,9-12H2. The number of fused-ring (bicyclic) bond motifs is 3. The van der Waals surface area contributed by atoms with Crippen LogP contribution in [0.4, 0.5) is 5.69 Å². The molecule has 2 heterocycles. The largest absolute Gasteiger partial charge is 0.358 e. The van der Waals surface area contributed by atoms with E-state index in [-0.39, 0.29) is 18.0 Å². The van der Waals surface area contributed by atoms with Gasteiger partial charge in [-0.1, -0.05) is 36.4 Å². The number of aromatic amines is 1. The molecule has 4 rings (SSSR count). The summed E-state index contributed by atoms with van der Waals surface area (Å²) in [7, 11) is 0. The van der Waals surface area contributed by atoms with Crippen molar-refractivity contribution in [2.24, 2.45) is 0 Å². The number of hydrogen-bond donors (Lipinski definition) is 1. The van der Waals surface area contributed by atoms with Crippen molar-refractivity contribution < 1.29 is 9.72 Å². The number of rotatable bonds is 3. The van der Waals surface area contributed by atoms with Crippen LogP contribution < -0.4 is 0 Å². The van der Waals surface area contributed by atoms with Crippen molar-refractivity contribution in [1.29, 1.82) is 0 Å². The second-order valence-electron chi connectivity index (χ2n) is 6.26. The van der Waals surface area contributed by atoms with Crippen LogP contribution in [0.25, 0.3) is 10.9 Å². The maximum absolute atomic E-state index is 12.7. The Bertz CT molecular complexity index is 977. The van der Waals surface area contributed by atoms with Crippen molar-refractivity contribution >= 4 is 22.5 Å². The smallest absolute Gasteiger partial charge is 0.273 e. The van der Waals surface area contributed by atoms with E-state index >= 15 is 0 Å². The van der Waals surface area contributed by atoms with E-state index < -0.39 is 4.92 Å². The zero-order valence-electron chi connectivity index (χ0n) is 13.6. The molecule has 25 heavy (non-hydrogen) atoms. The van der Waals surface area contributed by atoms with Crippen LogP contribution in [0, 0.1) is 10.1 Å². The molecule has 0 spiro atoms. The molecule has 0 saturated carbocycles. The normalized spacial score (nSPS) is 13.7. The monoisotopic (exact) mass is 335 g/mol. The van der Waals surface area contributed by atoms with Gasteiger partial charge in [-0.3, -0.25) is 14.9 Å². The molecule has 0 radical (unpaired) electrons. The summed E-state index contributed by atoms with van der Waals surface area (Å²) in [6.07, 6.45) is 0.821. The van der Waals surface area contributed by atoms with Crippen molar-refractivity contribution in [3.8, 4) is 0 Å². The van der Waals surface area contributed by atoms with Crippen molar-refractivity contribution in [2.45, 2.75) is 19.4 Å². The van der Waals surface area contributed by atoms with Gasteiger partial charge in [0.05, 0.1) is 11.3 Å². The highest BCUT2D eigenvalue weighted by Crippen LogP contribution is 2.28. The molecule has 0 aliphatic carbocycles. The molecule has 2 aromatic carbocycles. The van der Waals surface area contributed by atoms with Gasteiger partial charge < -0.3 is 9.88 Å². The molecule has 0 saturated heterocycles. The fraction of sp³-hybridized carbons (Fsp3) is 0.211. The zero-order valence-corrected chi connectivity index (χ0v) is 13.6. The minimum atomic E-state index is -0.434. The number of nitrogens with zero attached hydrogens (tertiary/aromatic N) is 2. The zero-order chi connectivity index (χ0) is 17.4. The molecule has 1 aromatic heterocycles. The molecular weight excluding hydrogens is 318 g/mol. The molecule has 3 aromatic rings. The number of para-hydroxylation sites is 2. The number of nitrogens with one attached hydrogen (secondary N) is 1. The average molecular weight is 335 g/mol. The first-order valence-electron chi connectivity index (χ1n) is 8.22. The molecule has 6 heteroatoms. The van der Waals surface area contributed by atoms with Crippen LogP contribution in [0.15, 0.2) is 48.5 Å². The number of carbonyl (C=O) groups is 1. The third-order valence-corrected chi connectivity index (χ3v) is 4.77. The lowest BCUT2D eigenvalue weighted by molar-refractivity contribution is -0.385. The Balaban J connectivity index is 1.58. The summed E-state index contributed by atoms with van der Waals surface area (Å²) in [5.74, 6) is -0.0785. The first-order chi connectivity index (χ1) is 12.1. The van der Waals surface area contributed by atoms with Crippen LogP contribution in [0.5, 0.6) is 0 Å². The maximum Gasteiger partial charge on any atom is 0.273 e. The Morgan fingerprint density at radius 1 is 1.16 bits per heavy atom. The third-order valence-electron chi connectivity index (χ3n) is 4.77. The first-order valence-corrected chi connectivity index (χ1v) is 8.22. The highest BCUT2D eigenvalue weighted by Gasteiger charge is 2.25. The summed E-state index contributed by atoms with van der Waals surface area (Å²) >= 11 is 0. The number of H-pyrrole nitrogens is 1. The van der Waals surface area contributed by atoms with Crippen molar-refractivity contribution in [3.63, 3.8) is 0 Å². The molecule has 0 atom stereocenters. The summed E-state index contributed by atoms with van der Waals surface area (Å²) in [5, 5.41) is 12.3. The van der Waals surface area contributed by atoms with Gasteiger partial charge in [0, 0.05) is 53.3 Å². The molecule has 126 valence electrons. The average Bonchev–Trinajstić information content (AvgIpc) is 2.99. The van der Waals surface area contributed by atoms with Gasteiger partial charge >= 0.3 is 0 Å². The molecule has 1 amide bonds. The molecule has 0 bridgehead atoms. The van der Waals surface area contributed by atoms with Crippen molar-refractivity contribution in [1.82, 2.24) is 9.88 Å². The minimum absolute atomic E-state index is 0.000595. The Kier molecular flexibility index (Phi) is 3.72.